The molecule has 8 heteroatoms. The number of nitro groups is 1. The summed E-state index contributed by atoms with van der Waals surface area (Å²) in [6, 6.07) is 3.73. The Morgan fingerprint density at radius 1 is 1.33 bits per heavy atom. The molecule has 130 valence electrons. The monoisotopic (exact) mass is 353 g/mol. The molecule has 1 N–H and O–H groups in total. The smallest absolute Gasteiger partial charge is 0.270 e. The number of nitro benzene ring substituents is 1. The summed E-state index contributed by atoms with van der Waals surface area (Å²) in [6.07, 6.45) is 1.35. The van der Waals surface area contributed by atoms with E-state index in [4.69, 9.17) is 11.6 Å². The number of piperidine rings is 1. The number of benzene rings is 1. The van der Waals surface area contributed by atoms with Gasteiger partial charge in [0.05, 0.1) is 15.5 Å². The second-order valence-corrected chi connectivity index (χ2v) is 6.56. The van der Waals surface area contributed by atoms with Crippen molar-refractivity contribution in [2.75, 3.05) is 13.1 Å². The van der Waals surface area contributed by atoms with Gasteiger partial charge in [0.15, 0.2) is 0 Å². The number of halogens is 1. The van der Waals surface area contributed by atoms with E-state index < -0.39 is 4.92 Å². The third kappa shape index (κ3) is 4.23. The summed E-state index contributed by atoms with van der Waals surface area (Å²) in [4.78, 5) is 36.2. The van der Waals surface area contributed by atoms with E-state index in [0.29, 0.717) is 25.9 Å². The molecule has 2 amide bonds. The Balaban J connectivity index is 1.94. The van der Waals surface area contributed by atoms with E-state index in [9.17, 15) is 19.7 Å². The molecule has 1 aromatic rings. The predicted octanol–water partition coefficient (Wildman–Crippen LogP) is 2.63. The molecular weight excluding hydrogens is 334 g/mol. The maximum absolute atomic E-state index is 12.3. The molecule has 0 aromatic heterocycles. The number of carbonyl (C=O) groups is 2. The third-order valence-electron chi connectivity index (χ3n) is 4.04. The van der Waals surface area contributed by atoms with E-state index in [-0.39, 0.29) is 40.0 Å². The minimum absolute atomic E-state index is 0.0324. The lowest BCUT2D eigenvalue weighted by Gasteiger charge is -2.33. The predicted molar refractivity (Wildman–Crippen MR) is 90.0 cm³/mol. The molecule has 2 rings (SSSR count). The summed E-state index contributed by atoms with van der Waals surface area (Å²) in [7, 11) is 0. The number of amides is 2. The van der Waals surface area contributed by atoms with Gasteiger partial charge in [-0.15, -0.1) is 0 Å². The fraction of sp³-hybridized carbons (Fsp3) is 0.500. The molecule has 1 aliphatic heterocycles. The first kappa shape index (κ1) is 18.2. The Labute approximate surface area is 145 Å². The highest BCUT2D eigenvalue weighted by Gasteiger charge is 2.26. The molecule has 7 nitrogen and oxygen atoms in total. The van der Waals surface area contributed by atoms with Crippen LogP contribution >= 0.6 is 11.6 Å². The molecule has 0 aliphatic carbocycles. The topological polar surface area (TPSA) is 92.6 Å². The fourth-order valence-electron chi connectivity index (χ4n) is 2.67. The van der Waals surface area contributed by atoms with Gasteiger partial charge in [0.25, 0.3) is 11.6 Å². The first-order valence-electron chi connectivity index (χ1n) is 7.83. The number of rotatable bonds is 4. The number of likely N-dealkylation sites (tertiary alicyclic amines) is 1. The van der Waals surface area contributed by atoms with Crippen molar-refractivity contribution in [3.8, 4) is 0 Å². The van der Waals surface area contributed by atoms with Crippen LogP contribution in [0.4, 0.5) is 5.69 Å². The van der Waals surface area contributed by atoms with Crippen molar-refractivity contribution in [3.63, 3.8) is 0 Å². The molecule has 1 fully saturated rings. The summed E-state index contributed by atoms with van der Waals surface area (Å²) >= 11 is 5.97. The van der Waals surface area contributed by atoms with Gasteiger partial charge in [0.2, 0.25) is 5.91 Å². The van der Waals surface area contributed by atoms with Crippen LogP contribution in [-0.4, -0.2) is 40.8 Å². The van der Waals surface area contributed by atoms with Crippen molar-refractivity contribution in [3.05, 3.63) is 38.9 Å². The van der Waals surface area contributed by atoms with Crippen LogP contribution in [0.2, 0.25) is 5.02 Å². The van der Waals surface area contributed by atoms with Gasteiger partial charge in [-0.1, -0.05) is 25.4 Å². The lowest BCUT2D eigenvalue weighted by atomic mass is 10.0. The van der Waals surface area contributed by atoms with Crippen molar-refractivity contribution in [2.45, 2.75) is 32.7 Å². The maximum atomic E-state index is 12.3. The van der Waals surface area contributed by atoms with Crippen molar-refractivity contribution in [1.29, 1.82) is 0 Å². The van der Waals surface area contributed by atoms with Crippen LogP contribution in [0, 0.1) is 16.0 Å². The molecular formula is C16H20ClN3O4. The minimum atomic E-state index is -0.560. The van der Waals surface area contributed by atoms with Crippen LogP contribution in [0.15, 0.2) is 18.2 Å². The Hall–Kier alpha value is -2.15. The van der Waals surface area contributed by atoms with Gasteiger partial charge >= 0.3 is 0 Å². The molecule has 1 saturated heterocycles. The van der Waals surface area contributed by atoms with Gasteiger partial charge in [-0.3, -0.25) is 19.7 Å². The third-order valence-corrected chi connectivity index (χ3v) is 4.36. The highest BCUT2D eigenvalue weighted by Crippen LogP contribution is 2.23. The summed E-state index contributed by atoms with van der Waals surface area (Å²) in [5, 5.41) is 13.6. The summed E-state index contributed by atoms with van der Waals surface area (Å²) in [5.41, 5.74) is 0.0556. The van der Waals surface area contributed by atoms with Crippen molar-refractivity contribution >= 4 is 29.1 Å². The Morgan fingerprint density at radius 3 is 2.46 bits per heavy atom. The minimum Gasteiger partial charge on any atom is -0.349 e. The van der Waals surface area contributed by atoms with Crippen molar-refractivity contribution in [2.24, 2.45) is 5.92 Å². The molecule has 1 heterocycles. The standard InChI is InChI=1S/C16H20ClN3O4/c1-10(2)16(22)19-7-5-11(6-8-19)18-15(21)13-4-3-12(20(23)24)9-14(13)17/h3-4,9-11H,5-8H2,1-2H3,(H,18,21). The molecule has 24 heavy (non-hydrogen) atoms. The molecule has 0 spiro atoms. The Kier molecular flexibility index (Phi) is 5.77. The Morgan fingerprint density at radius 2 is 1.96 bits per heavy atom. The average Bonchev–Trinajstić information content (AvgIpc) is 2.54. The fourth-order valence-corrected chi connectivity index (χ4v) is 2.93. The van der Waals surface area contributed by atoms with Crippen LogP contribution in [0.5, 0.6) is 0 Å². The summed E-state index contributed by atoms with van der Waals surface area (Å²) in [5.74, 6) is -0.267. The number of nitrogens with one attached hydrogen (secondary N) is 1. The zero-order chi connectivity index (χ0) is 17.9. The number of carbonyl (C=O) groups excluding carboxylic acids is 2. The van der Waals surface area contributed by atoms with E-state index in [2.05, 4.69) is 5.32 Å². The average molecular weight is 354 g/mol. The first-order chi connectivity index (χ1) is 11.3. The Bertz CT molecular complexity index is 655. The quantitative estimate of drug-likeness (QED) is 0.665. The second-order valence-electron chi connectivity index (χ2n) is 6.15. The van der Waals surface area contributed by atoms with Gasteiger partial charge in [-0.2, -0.15) is 0 Å². The van der Waals surface area contributed by atoms with E-state index in [1.165, 1.54) is 18.2 Å². The molecule has 0 saturated carbocycles. The van der Waals surface area contributed by atoms with Gasteiger partial charge in [0, 0.05) is 37.2 Å². The van der Waals surface area contributed by atoms with Crippen molar-refractivity contribution < 1.29 is 14.5 Å². The maximum Gasteiger partial charge on any atom is 0.270 e. The van der Waals surface area contributed by atoms with E-state index in [1.807, 2.05) is 18.7 Å². The van der Waals surface area contributed by atoms with Crippen LogP contribution in [-0.2, 0) is 4.79 Å². The summed E-state index contributed by atoms with van der Waals surface area (Å²) < 4.78 is 0. The zero-order valence-corrected chi connectivity index (χ0v) is 14.4. The molecule has 0 unspecified atom stereocenters. The number of hydrogen-bond donors (Lipinski definition) is 1. The molecule has 1 aliphatic rings. The highest BCUT2D eigenvalue weighted by molar-refractivity contribution is 6.34. The van der Waals surface area contributed by atoms with Gasteiger partial charge in [-0.05, 0) is 18.9 Å². The van der Waals surface area contributed by atoms with Crippen molar-refractivity contribution in [1.82, 2.24) is 10.2 Å². The van der Waals surface area contributed by atoms with Crippen LogP contribution in [0.3, 0.4) is 0 Å². The van der Waals surface area contributed by atoms with Gasteiger partial charge < -0.3 is 10.2 Å². The molecule has 1 aromatic carbocycles. The van der Waals surface area contributed by atoms with E-state index >= 15 is 0 Å². The lowest BCUT2D eigenvalue weighted by molar-refractivity contribution is -0.384. The van der Waals surface area contributed by atoms with Gasteiger partial charge in [-0.25, -0.2) is 0 Å². The number of nitrogens with zero attached hydrogens (tertiary/aromatic N) is 2. The normalized spacial score (nSPS) is 15.4. The molecule has 0 bridgehead atoms. The highest BCUT2D eigenvalue weighted by atomic mass is 35.5. The van der Waals surface area contributed by atoms with Gasteiger partial charge in [0.1, 0.15) is 0 Å². The number of non-ortho nitro benzene ring substituents is 1. The zero-order valence-electron chi connectivity index (χ0n) is 13.6. The second kappa shape index (κ2) is 7.61. The molecule has 0 radical (unpaired) electrons. The lowest BCUT2D eigenvalue weighted by Crippen LogP contribution is -2.47. The first-order valence-corrected chi connectivity index (χ1v) is 8.21. The van der Waals surface area contributed by atoms with E-state index in [0.717, 1.165) is 0 Å². The number of hydrogen-bond acceptors (Lipinski definition) is 4. The molecule has 0 atom stereocenters. The van der Waals surface area contributed by atoms with Crippen LogP contribution < -0.4 is 5.32 Å². The summed E-state index contributed by atoms with van der Waals surface area (Å²) in [6.45, 7) is 4.95. The van der Waals surface area contributed by atoms with Crippen LogP contribution in [0.1, 0.15) is 37.0 Å². The van der Waals surface area contributed by atoms with E-state index in [1.54, 1.807) is 0 Å². The SMILES string of the molecule is CC(C)C(=O)N1CCC(NC(=O)c2ccc([N+](=O)[O-])cc2Cl)CC1. The van der Waals surface area contributed by atoms with Crippen LogP contribution in [0.25, 0.3) is 0 Å². The largest absolute Gasteiger partial charge is 0.349 e.